The van der Waals surface area contributed by atoms with Crippen LogP contribution in [0.25, 0.3) is 0 Å². The van der Waals surface area contributed by atoms with E-state index in [1.807, 2.05) is 30.1 Å². The average Bonchev–Trinajstić information content (AvgIpc) is 2.74. The Morgan fingerprint density at radius 1 is 1.38 bits per heavy atom. The molecule has 0 amide bonds. The predicted octanol–water partition coefficient (Wildman–Crippen LogP) is 3.15. The van der Waals surface area contributed by atoms with Crippen LogP contribution in [-0.2, 0) is 6.54 Å². The highest BCUT2D eigenvalue weighted by Gasteiger charge is 2.07. The maximum absolute atomic E-state index is 5.94. The molecule has 3 nitrogen and oxygen atoms in total. The average molecular weight is 237 g/mol. The highest BCUT2D eigenvalue weighted by Crippen LogP contribution is 2.27. The van der Waals surface area contributed by atoms with Crippen molar-refractivity contribution in [3.05, 3.63) is 47.4 Å². The number of rotatable bonds is 3. The molecule has 1 aromatic heterocycles. The second kappa shape index (κ2) is 4.49. The third kappa shape index (κ3) is 2.31. The predicted molar refractivity (Wildman–Crippen MR) is 66.7 cm³/mol. The maximum Gasteiger partial charge on any atom is 0.0952 e. The van der Waals surface area contributed by atoms with Crippen LogP contribution < -0.4 is 10.6 Å². The highest BCUT2D eigenvalue weighted by atomic mass is 35.5. The van der Waals surface area contributed by atoms with Crippen LogP contribution in [-0.4, -0.2) is 7.05 Å². The number of hydrogen-bond acceptors (Lipinski definition) is 3. The number of nitrogens with zero attached hydrogens (tertiary/aromatic N) is 1. The number of anilines is 2. The molecule has 0 unspecified atom stereocenters. The van der Waals surface area contributed by atoms with Crippen molar-refractivity contribution in [2.24, 2.45) is 0 Å². The van der Waals surface area contributed by atoms with E-state index in [1.165, 1.54) is 0 Å². The van der Waals surface area contributed by atoms with E-state index in [4.69, 9.17) is 21.8 Å². The second-order valence-electron chi connectivity index (χ2n) is 3.69. The lowest BCUT2D eigenvalue weighted by Crippen LogP contribution is -2.17. The minimum atomic E-state index is 0.684. The third-order valence-electron chi connectivity index (χ3n) is 2.40. The molecule has 16 heavy (non-hydrogen) atoms. The van der Waals surface area contributed by atoms with Gasteiger partial charge in [0.15, 0.2) is 0 Å². The minimum absolute atomic E-state index is 0.684. The summed E-state index contributed by atoms with van der Waals surface area (Å²) in [4.78, 5) is 2.03. The lowest BCUT2D eigenvalue weighted by molar-refractivity contribution is 0.563. The first kappa shape index (κ1) is 10.9. The third-order valence-corrected chi connectivity index (χ3v) is 2.64. The number of furan rings is 1. The van der Waals surface area contributed by atoms with Gasteiger partial charge in [-0.15, -0.1) is 0 Å². The van der Waals surface area contributed by atoms with Crippen molar-refractivity contribution in [1.82, 2.24) is 0 Å². The lowest BCUT2D eigenvalue weighted by Gasteiger charge is -2.20. The summed E-state index contributed by atoms with van der Waals surface area (Å²) in [5.41, 5.74) is 8.64. The summed E-state index contributed by atoms with van der Waals surface area (Å²) in [6.07, 6.45) is 3.38. The first-order chi connectivity index (χ1) is 7.66. The molecule has 0 atom stereocenters. The van der Waals surface area contributed by atoms with Gasteiger partial charge in [-0.05, 0) is 24.3 Å². The smallest absolute Gasteiger partial charge is 0.0952 e. The Hall–Kier alpha value is -1.61. The molecule has 2 aromatic rings. The van der Waals surface area contributed by atoms with E-state index in [2.05, 4.69) is 0 Å². The Balaban J connectivity index is 2.20. The molecule has 2 N–H and O–H groups in total. The van der Waals surface area contributed by atoms with Gasteiger partial charge in [0.25, 0.3) is 0 Å². The quantitative estimate of drug-likeness (QED) is 0.833. The highest BCUT2D eigenvalue weighted by molar-refractivity contribution is 6.31. The Morgan fingerprint density at radius 2 is 2.19 bits per heavy atom. The fourth-order valence-electron chi connectivity index (χ4n) is 1.59. The molecule has 0 aliphatic rings. The number of halogens is 1. The van der Waals surface area contributed by atoms with Crippen molar-refractivity contribution in [2.75, 3.05) is 17.7 Å². The molecule has 0 spiro atoms. The Labute approximate surface area is 99.4 Å². The molecule has 1 heterocycles. The summed E-state index contributed by atoms with van der Waals surface area (Å²) in [7, 11) is 1.97. The van der Waals surface area contributed by atoms with Gasteiger partial charge in [-0.2, -0.15) is 0 Å². The van der Waals surface area contributed by atoms with Gasteiger partial charge in [-0.1, -0.05) is 11.6 Å². The molecule has 0 aliphatic carbocycles. The van der Waals surface area contributed by atoms with Crippen molar-refractivity contribution in [1.29, 1.82) is 0 Å². The number of hydrogen-bond donors (Lipinski definition) is 1. The van der Waals surface area contributed by atoms with Crippen molar-refractivity contribution in [2.45, 2.75) is 6.54 Å². The molecule has 2 rings (SSSR count). The van der Waals surface area contributed by atoms with E-state index in [-0.39, 0.29) is 0 Å². The molecule has 1 aromatic carbocycles. The number of nitrogens with two attached hydrogens (primary N) is 1. The topological polar surface area (TPSA) is 42.4 Å². The zero-order valence-corrected chi connectivity index (χ0v) is 9.74. The van der Waals surface area contributed by atoms with Crippen molar-refractivity contribution >= 4 is 23.0 Å². The summed E-state index contributed by atoms with van der Waals surface area (Å²) in [5, 5.41) is 0.684. The van der Waals surface area contributed by atoms with Crippen LogP contribution in [0.5, 0.6) is 0 Å². The first-order valence-corrected chi connectivity index (χ1v) is 5.32. The summed E-state index contributed by atoms with van der Waals surface area (Å²) in [6.45, 7) is 0.737. The monoisotopic (exact) mass is 236 g/mol. The van der Waals surface area contributed by atoms with E-state index in [1.54, 1.807) is 18.6 Å². The summed E-state index contributed by atoms with van der Waals surface area (Å²) in [6, 6.07) is 7.38. The van der Waals surface area contributed by atoms with Crippen molar-refractivity contribution in [3.8, 4) is 0 Å². The Kier molecular flexibility index (Phi) is 3.06. The first-order valence-electron chi connectivity index (χ1n) is 4.94. The molecule has 4 heteroatoms. The minimum Gasteiger partial charge on any atom is -0.472 e. The normalized spacial score (nSPS) is 10.4. The van der Waals surface area contributed by atoms with Crippen molar-refractivity contribution in [3.63, 3.8) is 0 Å². The number of benzene rings is 1. The molecule has 0 bridgehead atoms. The van der Waals surface area contributed by atoms with E-state index >= 15 is 0 Å². The van der Waals surface area contributed by atoms with Gasteiger partial charge in [0.05, 0.1) is 23.9 Å². The molecular weight excluding hydrogens is 224 g/mol. The van der Waals surface area contributed by atoms with Gasteiger partial charge in [-0.25, -0.2) is 0 Å². The molecule has 0 radical (unpaired) electrons. The van der Waals surface area contributed by atoms with Gasteiger partial charge in [0.1, 0.15) is 0 Å². The van der Waals surface area contributed by atoms with Crippen LogP contribution in [0.2, 0.25) is 5.02 Å². The summed E-state index contributed by atoms with van der Waals surface area (Å²) < 4.78 is 5.02. The van der Waals surface area contributed by atoms with Crippen LogP contribution in [0.1, 0.15) is 5.56 Å². The standard InChI is InChI=1S/C12H13ClN2O/c1-15(7-9-4-5-16-8-9)12-6-10(13)2-3-11(12)14/h2-6,8H,7,14H2,1H3. The Morgan fingerprint density at radius 3 is 2.88 bits per heavy atom. The van der Waals surface area contributed by atoms with E-state index in [0.29, 0.717) is 5.02 Å². The SMILES string of the molecule is CN(Cc1ccoc1)c1cc(Cl)ccc1N. The Bertz CT molecular complexity index is 468. The number of nitrogen functional groups attached to an aromatic ring is 1. The zero-order valence-electron chi connectivity index (χ0n) is 8.98. The lowest BCUT2D eigenvalue weighted by atomic mass is 10.2. The van der Waals surface area contributed by atoms with Gasteiger partial charge in [0, 0.05) is 24.2 Å². The molecule has 0 fully saturated rings. The summed E-state index contributed by atoms with van der Waals surface area (Å²) >= 11 is 5.94. The van der Waals surface area contributed by atoms with Crippen LogP contribution >= 0.6 is 11.6 Å². The van der Waals surface area contributed by atoms with Crippen LogP contribution in [0.4, 0.5) is 11.4 Å². The van der Waals surface area contributed by atoms with Crippen LogP contribution in [0, 0.1) is 0 Å². The van der Waals surface area contributed by atoms with Crippen LogP contribution in [0.15, 0.2) is 41.2 Å². The summed E-state index contributed by atoms with van der Waals surface area (Å²) in [5.74, 6) is 0. The van der Waals surface area contributed by atoms with E-state index < -0.39 is 0 Å². The van der Waals surface area contributed by atoms with Crippen molar-refractivity contribution < 1.29 is 4.42 Å². The zero-order chi connectivity index (χ0) is 11.5. The molecule has 84 valence electrons. The van der Waals surface area contributed by atoms with Crippen LogP contribution in [0.3, 0.4) is 0 Å². The molecular formula is C12H13ClN2O. The van der Waals surface area contributed by atoms with E-state index in [9.17, 15) is 0 Å². The molecule has 0 saturated carbocycles. The van der Waals surface area contributed by atoms with Gasteiger partial charge in [0.2, 0.25) is 0 Å². The fourth-order valence-corrected chi connectivity index (χ4v) is 1.76. The molecule has 0 saturated heterocycles. The molecule has 0 aliphatic heterocycles. The maximum atomic E-state index is 5.94. The van der Waals surface area contributed by atoms with Gasteiger partial charge >= 0.3 is 0 Å². The van der Waals surface area contributed by atoms with E-state index in [0.717, 1.165) is 23.5 Å². The fraction of sp³-hybridized carbons (Fsp3) is 0.167. The van der Waals surface area contributed by atoms with Gasteiger partial charge in [-0.3, -0.25) is 0 Å². The largest absolute Gasteiger partial charge is 0.472 e. The van der Waals surface area contributed by atoms with Gasteiger partial charge < -0.3 is 15.1 Å². The second-order valence-corrected chi connectivity index (χ2v) is 4.13.